The van der Waals surface area contributed by atoms with Gasteiger partial charge in [0.15, 0.2) is 11.5 Å². The van der Waals surface area contributed by atoms with E-state index in [9.17, 15) is 20.0 Å². The number of carbonyl (C=O) groups is 1. The van der Waals surface area contributed by atoms with Crippen molar-refractivity contribution in [3.63, 3.8) is 0 Å². The molecule has 0 spiro atoms. The molecule has 2 aromatic carbocycles. The van der Waals surface area contributed by atoms with Crippen LogP contribution in [-0.4, -0.2) is 28.8 Å². The van der Waals surface area contributed by atoms with Crippen LogP contribution in [0.5, 0.6) is 11.5 Å². The van der Waals surface area contributed by atoms with Crippen LogP contribution in [0.4, 0.5) is 17.1 Å². The summed E-state index contributed by atoms with van der Waals surface area (Å²) < 4.78 is 5.25. The topological polar surface area (TPSA) is 114 Å². The number of non-ortho nitro benzene ring substituents is 1. The predicted molar refractivity (Wildman–Crippen MR) is 108 cm³/mol. The summed E-state index contributed by atoms with van der Waals surface area (Å²) in [6.07, 6.45) is 3.53. The number of phenolic OH excluding ortho intramolecular Hbond substituents is 1. The molecule has 8 nitrogen and oxygen atoms in total. The normalized spacial score (nSPS) is 10.8. The van der Waals surface area contributed by atoms with Crippen LogP contribution in [0, 0.1) is 10.1 Å². The van der Waals surface area contributed by atoms with Crippen molar-refractivity contribution in [2.45, 2.75) is 33.1 Å². The molecule has 148 valence electrons. The fraction of sp³-hybridized carbons (Fsp3) is 0.300. The van der Waals surface area contributed by atoms with E-state index >= 15 is 0 Å². The van der Waals surface area contributed by atoms with Crippen LogP contribution in [0.15, 0.2) is 41.4 Å². The molecule has 0 heterocycles. The van der Waals surface area contributed by atoms with Crippen molar-refractivity contribution in [3.8, 4) is 11.5 Å². The van der Waals surface area contributed by atoms with Gasteiger partial charge in [-0.3, -0.25) is 19.9 Å². The van der Waals surface area contributed by atoms with Crippen molar-refractivity contribution < 1.29 is 19.6 Å². The van der Waals surface area contributed by atoms with Gasteiger partial charge >= 0.3 is 0 Å². The first-order valence-corrected chi connectivity index (χ1v) is 9.02. The number of rotatable bonds is 9. The molecule has 0 unspecified atom stereocenters. The van der Waals surface area contributed by atoms with Gasteiger partial charge in [0.1, 0.15) is 0 Å². The Labute approximate surface area is 163 Å². The maximum atomic E-state index is 11.8. The van der Waals surface area contributed by atoms with E-state index in [0.717, 1.165) is 12.8 Å². The quantitative estimate of drug-likeness (QED) is 0.372. The smallest absolute Gasteiger partial charge is 0.274 e. The maximum absolute atomic E-state index is 11.8. The molecule has 0 aliphatic heterocycles. The molecule has 0 aliphatic carbocycles. The van der Waals surface area contributed by atoms with Crippen LogP contribution in [0.25, 0.3) is 0 Å². The first-order chi connectivity index (χ1) is 13.4. The van der Waals surface area contributed by atoms with Gasteiger partial charge in [0.25, 0.3) is 5.69 Å². The van der Waals surface area contributed by atoms with Gasteiger partial charge in [0, 0.05) is 30.0 Å². The Bertz CT molecular complexity index is 880. The van der Waals surface area contributed by atoms with Crippen LogP contribution >= 0.6 is 0 Å². The molecule has 0 aliphatic rings. The van der Waals surface area contributed by atoms with Crippen molar-refractivity contribution >= 4 is 29.2 Å². The van der Waals surface area contributed by atoms with Crippen molar-refractivity contribution in [3.05, 3.63) is 52.1 Å². The van der Waals surface area contributed by atoms with Crippen molar-refractivity contribution in [1.29, 1.82) is 0 Å². The Morgan fingerprint density at radius 2 is 2.11 bits per heavy atom. The SMILES string of the molecule is CCCCC(=O)Nc1cccc(N=Cc2cc([N+](=O)[O-])cc(OCC)c2O)c1. The summed E-state index contributed by atoms with van der Waals surface area (Å²) >= 11 is 0. The molecule has 8 heteroatoms. The third-order valence-corrected chi connectivity index (χ3v) is 3.84. The highest BCUT2D eigenvalue weighted by Gasteiger charge is 2.16. The fourth-order valence-corrected chi connectivity index (χ4v) is 2.45. The van der Waals surface area contributed by atoms with E-state index in [0.29, 0.717) is 17.8 Å². The number of hydrogen-bond acceptors (Lipinski definition) is 6. The van der Waals surface area contributed by atoms with Gasteiger partial charge in [0.05, 0.1) is 23.3 Å². The zero-order valence-electron chi connectivity index (χ0n) is 15.8. The van der Waals surface area contributed by atoms with E-state index in [4.69, 9.17) is 4.74 Å². The van der Waals surface area contributed by atoms with Crippen molar-refractivity contribution in [1.82, 2.24) is 0 Å². The molecule has 0 fully saturated rings. The van der Waals surface area contributed by atoms with Crippen LogP contribution in [0.3, 0.4) is 0 Å². The van der Waals surface area contributed by atoms with Crippen LogP contribution < -0.4 is 10.1 Å². The minimum Gasteiger partial charge on any atom is -0.504 e. The molecule has 0 saturated heterocycles. The lowest BCUT2D eigenvalue weighted by atomic mass is 10.1. The van der Waals surface area contributed by atoms with Gasteiger partial charge in [0.2, 0.25) is 5.91 Å². The number of carbonyl (C=O) groups excluding carboxylic acids is 1. The number of hydrogen-bond donors (Lipinski definition) is 2. The van der Waals surface area contributed by atoms with Gasteiger partial charge in [-0.15, -0.1) is 0 Å². The van der Waals surface area contributed by atoms with E-state index in [1.807, 2.05) is 6.92 Å². The zero-order chi connectivity index (χ0) is 20.5. The number of nitro benzene ring substituents is 1. The minimum absolute atomic E-state index is 0.0232. The average Bonchev–Trinajstić information content (AvgIpc) is 2.67. The third kappa shape index (κ3) is 5.80. The highest BCUT2D eigenvalue weighted by atomic mass is 16.6. The molecule has 2 aromatic rings. The maximum Gasteiger partial charge on any atom is 0.274 e. The Morgan fingerprint density at radius 3 is 2.79 bits per heavy atom. The highest BCUT2D eigenvalue weighted by Crippen LogP contribution is 2.34. The number of nitro groups is 1. The average molecular weight is 385 g/mol. The van der Waals surface area contributed by atoms with E-state index in [1.165, 1.54) is 18.3 Å². The first kappa shape index (κ1) is 20.9. The molecule has 0 atom stereocenters. The number of amides is 1. The molecule has 0 bridgehead atoms. The Morgan fingerprint density at radius 1 is 1.32 bits per heavy atom. The van der Waals surface area contributed by atoms with Gasteiger partial charge < -0.3 is 15.2 Å². The number of aromatic hydroxyl groups is 1. The number of anilines is 1. The lowest BCUT2D eigenvalue weighted by Gasteiger charge is -2.08. The number of nitrogens with one attached hydrogen (secondary N) is 1. The summed E-state index contributed by atoms with van der Waals surface area (Å²) in [6.45, 7) is 3.99. The second-order valence-corrected chi connectivity index (χ2v) is 6.03. The molecule has 28 heavy (non-hydrogen) atoms. The van der Waals surface area contributed by atoms with Gasteiger partial charge in [-0.25, -0.2) is 0 Å². The van der Waals surface area contributed by atoms with E-state index < -0.39 is 4.92 Å². The van der Waals surface area contributed by atoms with Gasteiger partial charge in [-0.1, -0.05) is 19.4 Å². The largest absolute Gasteiger partial charge is 0.504 e. The minimum atomic E-state index is -0.564. The van der Waals surface area contributed by atoms with E-state index in [2.05, 4.69) is 10.3 Å². The summed E-state index contributed by atoms with van der Waals surface area (Å²) in [5.74, 6) is -0.268. The van der Waals surface area contributed by atoms with Crippen molar-refractivity contribution in [2.75, 3.05) is 11.9 Å². The Balaban J connectivity index is 2.24. The summed E-state index contributed by atoms with van der Waals surface area (Å²) in [4.78, 5) is 26.6. The van der Waals surface area contributed by atoms with Gasteiger partial charge in [-0.05, 0) is 31.5 Å². The summed E-state index contributed by atoms with van der Waals surface area (Å²) in [5, 5.41) is 24.2. The van der Waals surface area contributed by atoms with Crippen LogP contribution in [0.2, 0.25) is 0 Å². The number of phenols is 1. The Hall–Kier alpha value is -3.42. The zero-order valence-corrected chi connectivity index (χ0v) is 15.8. The molecule has 0 aromatic heterocycles. The summed E-state index contributed by atoms with van der Waals surface area (Å²) in [7, 11) is 0. The lowest BCUT2D eigenvalue weighted by Crippen LogP contribution is -2.10. The molecule has 1 amide bonds. The predicted octanol–water partition coefficient (Wildman–Crippen LogP) is 4.58. The number of benzene rings is 2. The molecule has 2 rings (SSSR count). The first-order valence-electron chi connectivity index (χ1n) is 9.02. The Kier molecular flexibility index (Phi) is 7.50. The molecular formula is C20H23N3O5. The van der Waals surface area contributed by atoms with E-state index in [1.54, 1.807) is 31.2 Å². The number of unbranched alkanes of at least 4 members (excludes halogenated alkanes) is 1. The standard InChI is InChI=1S/C20H23N3O5/c1-3-5-9-19(24)22-16-8-6-7-15(11-16)21-13-14-10-17(23(26)27)12-18(20(14)25)28-4-2/h6-8,10-13,25H,3-5,9H2,1-2H3,(H,22,24). The molecular weight excluding hydrogens is 362 g/mol. The van der Waals surface area contributed by atoms with Gasteiger partial charge in [-0.2, -0.15) is 0 Å². The number of aliphatic imine (C=N–C) groups is 1. The van der Waals surface area contributed by atoms with Crippen LogP contribution in [-0.2, 0) is 4.79 Å². The number of ether oxygens (including phenoxy) is 1. The summed E-state index contributed by atoms with van der Waals surface area (Å²) in [6, 6.07) is 9.27. The molecule has 0 saturated carbocycles. The lowest BCUT2D eigenvalue weighted by molar-refractivity contribution is -0.385. The number of nitrogens with zero attached hydrogens (tertiary/aromatic N) is 2. The van der Waals surface area contributed by atoms with Crippen LogP contribution in [0.1, 0.15) is 38.7 Å². The molecule has 0 radical (unpaired) electrons. The second kappa shape index (κ2) is 10.1. The fourth-order valence-electron chi connectivity index (χ4n) is 2.45. The molecule has 2 N–H and O–H groups in total. The third-order valence-electron chi connectivity index (χ3n) is 3.84. The van der Waals surface area contributed by atoms with Crippen molar-refractivity contribution in [2.24, 2.45) is 4.99 Å². The van der Waals surface area contributed by atoms with E-state index in [-0.39, 0.29) is 35.3 Å². The summed E-state index contributed by atoms with van der Waals surface area (Å²) in [5.41, 5.74) is 1.08. The highest BCUT2D eigenvalue weighted by molar-refractivity contribution is 5.92. The monoisotopic (exact) mass is 385 g/mol. The second-order valence-electron chi connectivity index (χ2n) is 6.03.